The summed E-state index contributed by atoms with van der Waals surface area (Å²) in [6.45, 7) is 1.80. The van der Waals surface area contributed by atoms with Crippen LogP contribution in [-0.2, 0) is 19.5 Å². The minimum Gasteiger partial charge on any atom is -0.434 e. The summed E-state index contributed by atoms with van der Waals surface area (Å²) in [5.41, 5.74) is -1.04. The first-order valence-corrected chi connectivity index (χ1v) is 9.14. The predicted molar refractivity (Wildman–Crippen MR) is 85.4 cm³/mol. The summed E-state index contributed by atoms with van der Waals surface area (Å²) >= 11 is 0. The van der Waals surface area contributed by atoms with Crippen molar-refractivity contribution in [3.05, 3.63) is 11.6 Å². The van der Waals surface area contributed by atoms with Crippen LogP contribution < -0.4 is 0 Å². The molecule has 0 aromatic heterocycles. The minimum absolute atomic E-state index is 0.147. The van der Waals surface area contributed by atoms with Crippen molar-refractivity contribution in [2.45, 2.75) is 82.2 Å². The number of carbonyl (C=O) groups excluding carboxylic acids is 2. The highest BCUT2D eigenvalue weighted by Gasteiger charge is 2.58. The van der Waals surface area contributed by atoms with Crippen LogP contribution in [0.4, 0.5) is 4.79 Å². The number of esters is 1. The van der Waals surface area contributed by atoms with E-state index in [1.807, 2.05) is 6.08 Å². The topological polar surface area (TPSA) is 75.7 Å². The maximum Gasteiger partial charge on any atom is 0.516 e. The van der Waals surface area contributed by atoms with Gasteiger partial charge in [-0.05, 0) is 38.7 Å². The fraction of sp³-hybridized carbons (Fsp3) is 0.778. The number of hydroxylamine groups is 2. The summed E-state index contributed by atoms with van der Waals surface area (Å²) in [6, 6.07) is 0. The highest BCUT2D eigenvalue weighted by Crippen LogP contribution is 2.52. The Hall–Kier alpha value is -1.40. The number of hydrogen-bond donors (Lipinski definition) is 0. The highest BCUT2D eigenvalue weighted by molar-refractivity contribution is 5.97. The first-order chi connectivity index (χ1) is 11.5. The van der Waals surface area contributed by atoms with Gasteiger partial charge in [0.05, 0.1) is 23.3 Å². The van der Waals surface area contributed by atoms with Gasteiger partial charge in [-0.3, -0.25) is 0 Å². The van der Waals surface area contributed by atoms with Crippen LogP contribution in [0.1, 0.15) is 71.1 Å². The van der Waals surface area contributed by atoms with E-state index < -0.39 is 23.2 Å². The van der Waals surface area contributed by atoms with Gasteiger partial charge in [0.2, 0.25) is 0 Å². The van der Waals surface area contributed by atoms with Gasteiger partial charge < -0.3 is 9.47 Å². The van der Waals surface area contributed by atoms with Crippen LogP contribution >= 0.6 is 0 Å². The quantitative estimate of drug-likeness (QED) is 0.568. The molecular weight excluding hydrogens is 310 g/mol. The Morgan fingerprint density at radius 3 is 2.21 bits per heavy atom. The lowest BCUT2D eigenvalue weighted by Crippen LogP contribution is -2.55. The molecule has 2 saturated carbocycles. The van der Waals surface area contributed by atoms with Crippen molar-refractivity contribution >= 4 is 12.1 Å². The number of nitrogens with zero attached hydrogens (tertiary/aromatic N) is 1. The van der Waals surface area contributed by atoms with E-state index >= 15 is 0 Å². The summed E-state index contributed by atoms with van der Waals surface area (Å²) in [4.78, 5) is 24.2. The Morgan fingerprint density at radius 1 is 1.04 bits per heavy atom. The molecule has 3 rings (SSSR count). The molecule has 6 nitrogen and oxygen atoms in total. The number of rotatable bonds is 2. The van der Waals surface area contributed by atoms with Crippen molar-refractivity contribution in [2.75, 3.05) is 6.61 Å². The molecule has 24 heavy (non-hydrogen) atoms. The molecule has 133 valence electrons. The van der Waals surface area contributed by atoms with E-state index in [4.69, 9.17) is 9.47 Å². The van der Waals surface area contributed by atoms with Gasteiger partial charge in [-0.2, -0.15) is 0 Å². The first-order valence-electron chi connectivity index (χ1n) is 9.14. The van der Waals surface area contributed by atoms with Crippen LogP contribution in [0.2, 0.25) is 0 Å². The summed E-state index contributed by atoms with van der Waals surface area (Å²) in [5, 5.41) is 14.5. The predicted octanol–water partition coefficient (Wildman–Crippen LogP) is 3.68. The lowest BCUT2D eigenvalue weighted by Gasteiger charge is -2.45. The fourth-order valence-electron chi connectivity index (χ4n) is 4.64. The third-order valence-electron chi connectivity index (χ3n) is 5.77. The normalized spacial score (nSPS) is 25.5. The van der Waals surface area contributed by atoms with Gasteiger partial charge in [-0.25, -0.2) is 9.59 Å². The maximum atomic E-state index is 13.3. The fourth-order valence-corrected chi connectivity index (χ4v) is 4.64. The standard InChI is InChI=1S/C18H26NO5/c1-2-23-16(21)24-15(20)14-13-17(9-5-3-6-10-17)19(22)18(14)11-7-4-8-12-18/h13H,2-12H2,1H3. The summed E-state index contributed by atoms with van der Waals surface area (Å²) in [6.07, 6.45) is 9.70. The SMILES string of the molecule is CCOC(=O)OC(=O)C1=CC2(CCCCC2)N([O])C12CCCCC2. The Balaban J connectivity index is 1.90. The van der Waals surface area contributed by atoms with Crippen LogP contribution in [0.5, 0.6) is 0 Å². The Kier molecular flexibility index (Phi) is 4.97. The van der Waals surface area contributed by atoms with E-state index in [1.165, 1.54) is 5.06 Å². The summed E-state index contributed by atoms with van der Waals surface area (Å²) in [5.74, 6) is -0.710. The lowest BCUT2D eigenvalue weighted by atomic mass is 9.77. The smallest absolute Gasteiger partial charge is 0.434 e. The van der Waals surface area contributed by atoms with Gasteiger partial charge in [0, 0.05) is 0 Å². The zero-order chi connectivity index (χ0) is 17.2. The largest absolute Gasteiger partial charge is 0.516 e. The molecule has 3 aliphatic rings. The van der Waals surface area contributed by atoms with Gasteiger partial charge in [0.15, 0.2) is 0 Å². The maximum absolute atomic E-state index is 13.3. The van der Waals surface area contributed by atoms with Crippen LogP contribution in [0.3, 0.4) is 0 Å². The molecule has 2 aliphatic carbocycles. The van der Waals surface area contributed by atoms with Crippen molar-refractivity contribution in [2.24, 2.45) is 0 Å². The molecule has 1 aliphatic heterocycles. The van der Waals surface area contributed by atoms with Crippen molar-refractivity contribution in [1.82, 2.24) is 5.06 Å². The highest BCUT2D eigenvalue weighted by atomic mass is 16.7. The lowest BCUT2D eigenvalue weighted by molar-refractivity contribution is -0.267. The van der Waals surface area contributed by atoms with Gasteiger partial charge in [-0.15, -0.1) is 10.3 Å². The first kappa shape index (κ1) is 17.4. The minimum atomic E-state index is -0.989. The van der Waals surface area contributed by atoms with Gasteiger partial charge in [0.25, 0.3) is 0 Å². The Morgan fingerprint density at radius 2 is 1.62 bits per heavy atom. The molecular formula is C18H26NO5. The zero-order valence-corrected chi connectivity index (χ0v) is 14.3. The van der Waals surface area contributed by atoms with E-state index in [9.17, 15) is 14.8 Å². The number of carbonyl (C=O) groups is 2. The van der Waals surface area contributed by atoms with E-state index in [0.717, 1.165) is 51.4 Å². The molecule has 1 heterocycles. The van der Waals surface area contributed by atoms with Crippen LogP contribution in [0.25, 0.3) is 0 Å². The van der Waals surface area contributed by atoms with Crippen LogP contribution in [0.15, 0.2) is 11.6 Å². The molecule has 0 aromatic carbocycles. The van der Waals surface area contributed by atoms with Gasteiger partial charge >= 0.3 is 12.1 Å². The Labute approximate surface area is 142 Å². The molecule has 0 N–H and O–H groups in total. The molecule has 0 amide bonds. The van der Waals surface area contributed by atoms with Crippen molar-refractivity contribution in [3.63, 3.8) is 0 Å². The third-order valence-corrected chi connectivity index (χ3v) is 5.77. The van der Waals surface area contributed by atoms with E-state index in [0.29, 0.717) is 18.4 Å². The average molecular weight is 336 g/mol. The molecule has 0 bridgehead atoms. The van der Waals surface area contributed by atoms with Crippen LogP contribution in [-0.4, -0.2) is 34.9 Å². The molecule has 2 fully saturated rings. The molecule has 0 aromatic rings. The summed E-state index contributed by atoms with van der Waals surface area (Å²) < 4.78 is 9.56. The monoisotopic (exact) mass is 336 g/mol. The number of hydrogen-bond acceptors (Lipinski definition) is 5. The molecule has 0 atom stereocenters. The van der Waals surface area contributed by atoms with Crippen LogP contribution in [0, 0.1) is 0 Å². The molecule has 1 radical (unpaired) electrons. The number of ether oxygens (including phenoxy) is 2. The second-order valence-electron chi connectivity index (χ2n) is 7.18. The summed E-state index contributed by atoms with van der Waals surface area (Å²) in [7, 11) is 0. The van der Waals surface area contributed by atoms with E-state index in [2.05, 4.69) is 0 Å². The second-order valence-corrected chi connectivity index (χ2v) is 7.18. The van der Waals surface area contributed by atoms with Gasteiger partial charge in [0.1, 0.15) is 0 Å². The van der Waals surface area contributed by atoms with Crippen molar-refractivity contribution in [3.8, 4) is 0 Å². The van der Waals surface area contributed by atoms with Crippen molar-refractivity contribution < 1.29 is 24.3 Å². The Bertz CT molecular complexity index is 530. The molecule has 0 saturated heterocycles. The third kappa shape index (κ3) is 2.86. The average Bonchev–Trinajstić information content (AvgIpc) is 2.80. The zero-order valence-electron chi connectivity index (χ0n) is 14.3. The van der Waals surface area contributed by atoms with Crippen molar-refractivity contribution in [1.29, 1.82) is 0 Å². The van der Waals surface area contributed by atoms with E-state index in [-0.39, 0.29) is 6.61 Å². The second kappa shape index (κ2) is 6.84. The molecule has 2 spiro atoms. The molecule has 6 heteroatoms. The van der Waals surface area contributed by atoms with Gasteiger partial charge in [-0.1, -0.05) is 38.5 Å². The molecule has 0 unspecified atom stereocenters. The van der Waals surface area contributed by atoms with E-state index in [1.54, 1.807) is 6.92 Å².